The third-order valence-electron chi connectivity index (χ3n) is 6.49. The summed E-state index contributed by atoms with van der Waals surface area (Å²) in [6.07, 6.45) is 4.04. The second-order valence-corrected chi connectivity index (χ2v) is 9.52. The first-order chi connectivity index (χ1) is 17.5. The normalized spacial score (nSPS) is 15.6. The van der Waals surface area contributed by atoms with Gasteiger partial charge in [-0.25, -0.2) is 4.79 Å². The molecule has 2 N–H and O–H groups in total. The molecular weight excluding hydrogens is 452 g/mol. The minimum absolute atomic E-state index is 0.219. The van der Waals surface area contributed by atoms with Crippen LogP contribution in [0.25, 0.3) is 0 Å². The van der Waals surface area contributed by atoms with Crippen molar-refractivity contribution in [2.24, 2.45) is 0 Å². The van der Waals surface area contributed by atoms with Crippen LogP contribution in [0.5, 0.6) is 5.75 Å². The number of carboxylic acids is 1. The zero-order chi connectivity index (χ0) is 25.3. The number of hydrogen-bond donors (Lipinski definition) is 2. The van der Waals surface area contributed by atoms with Crippen LogP contribution in [0.1, 0.15) is 51.9 Å². The van der Waals surface area contributed by atoms with E-state index in [2.05, 4.69) is 41.5 Å². The third kappa shape index (κ3) is 7.18. The van der Waals surface area contributed by atoms with Gasteiger partial charge in [-0.3, -0.25) is 4.79 Å². The van der Waals surface area contributed by atoms with Gasteiger partial charge in [0.2, 0.25) is 0 Å². The van der Waals surface area contributed by atoms with E-state index in [1.807, 2.05) is 42.5 Å². The second kappa shape index (κ2) is 12.4. The monoisotopic (exact) mass is 486 g/mol. The lowest BCUT2D eigenvalue weighted by Crippen LogP contribution is -2.42. The van der Waals surface area contributed by atoms with E-state index in [4.69, 9.17) is 4.74 Å². The summed E-state index contributed by atoms with van der Waals surface area (Å²) in [6.45, 7) is 2.58. The molecule has 6 heteroatoms. The van der Waals surface area contributed by atoms with Crippen molar-refractivity contribution >= 4 is 11.9 Å². The topological polar surface area (TPSA) is 78.9 Å². The molecule has 6 nitrogen and oxygen atoms in total. The lowest BCUT2D eigenvalue weighted by Gasteiger charge is -2.19. The molecule has 0 spiro atoms. The number of amides is 1. The number of fused-ring (bicyclic) bond motifs is 3. The highest BCUT2D eigenvalue weighted by Gasteiger charge is 2.22. The minimum Gasteiger partial charge on any atom is -0.493 e. The van der Waals surface area contributed by atoms with Gasteiger partial charge in [0.15, 0.2) is 0 Å². The van der Waals surface area contributed by atoms with Crippen LogP contribution in [0.3, 0.4) is 0 Å². The van der Waals surface area contributed by atoms with Crippen molar-refractivity contribution in [3.8, 4) is 5.75 Å². The highest BCUT2D eigenvalue weighted by atomic mass is 16.5. The fraction of sp³-hybridized carbons (Fsp3) is 0.333. The summed E-state index contributed by atoms with van der Waals surface area (Å²) >= 11 is 0. The molecule has 1 heterocycles. The second-order valence-electron chi connectivity index (χ2n) is 9.52. The van der Waals surface area contributed by atoms with Gasteiger partial charge in [-0.1, -0.05) is 54.6 Å². The standard InChI is InChI=1S/C30H34N2O4/c1-32-15-6-3-7-16-36-28-14-13-25(20-26(28)18-23-11-8-12-24(17-23)21-32)29(33)31-27(30(34)35)19-22-9-4-2-5-10-22/h2,4-5,8-14,17,20,27H,3,6-7,15-16,18-19,21H2,1H3,(H,31,33)(H,34,35). The average molecular weight is 487 g/mol. The number of ether oxygens (including phenoxy) is 1. The predicted octanol–water partition coefficient (Wildman–Crippen LogP) is 4.70. The summed E-state index contributed by atoms with van der Waals surface area (Å²) in [6, 6.07) is 22.2. The molecule has 36 heavy (non-hydrogen) atoms. The van der Waals surface area contributed by atoms with Crippen LogP contribution in [0.2, 0.25) is 0 Å². The number of benzene rings is 3. The number of aliphatic carboxylic acids is 1. The van der Waals surface area contributed by atoms with E-state index in [-0.39, 0.29) is 6.42 Å². The molecule has 188 valence electrons. The molecule has 1 unspecified atom stereocenters. The Morgan fingerprint density at radius 3 is 2.58 bits per heavy atom. The summed E-state index contributed by atoms with van der Waals surface area (Å²) in [5, 5.41) is 12.4. The smallest absolute Gasteiger partial charge is 0.326 e. The van der Waals surface area contributed by atoms with Crippen LogP contribution >= 0.6 is 0 Å². The van der Waals surface area contributed by atoms with Crippen molar-refractivity contribution < 1.29 is 19.4 Å². The fourth-order valence-corrected chi connectivity index (χ4v) is 4.58. The Balaban J connectivity index is 1.56. The van der Waals surface area contributed by atoms with E-state index in [9.17, 15) is 14.7 Å². The summed E-state index contributed by atoms with van der Waals surface area (Å²) in [4.78, 5) is 27.3. The van der Waals surface area contributed by atoms with Crippen molar-refractivity contribution in [2.45, 2.75) is 44.7 Å². The van der Waals surface area contributed by atoms with E-state index < -0.39 is 17.9 Å². The van der Waals surface area contributed by atoms with E-state index in [1.54, 1.807) is 6.07 Å². The minimum atomic E-state index is -1.06. The Hall–Kier alpha value is -3.64. The number of nitrogens with zero attached hydrogens (tertiary/aromatic N) is 1. The highest BCUT2D eigenvalue weighted by Crippen LogP contribution is 2.25. The van der Waals surface area contributed by atoms with Crippen molar-refractivity contribution in [1.29, 1.82) is 0 Å². The maximum Gasteiger partial charge on any atom is 0.326 e. The van der Waals surface area contributed by atoms with Crippen LogP contribution in [0, 0.1) is 0 Å². The summed E-state index contributed by atoms with van der Waals surface area (Å²) in [7, 11) is 2.15. The Kier molecular flexibility index (Phi) is 8.74. The number of carboxylic acid groups (broad SMARTS) is 1. The van der Waals surface area contributed by atoms with Crippen LogP contribution in [-0.2, 0) is 24.2 Å². The van der Waals surface area contributed by atoms with Gasteiger partial charge in [0.1, 0.15) is 11.8 Å². The molecule has 1 atom stereocenters. The van der Waals surface area contributed by atoms with Crippen LogP contribution in [-0.4, -0.2) is 48.1 Å². The molecule has 0 saturated heterocycles. The Morgan fingerprint density at radius 2 is 1.78 bits per heavy atom. The highest BCUT2D eigenvalue weighted by molar-refractivity contribution is 5.97. The van der Waals surface area contributed by atoms with Crippen LogP contribution in [0.4, 0.5) is 0 Å². The largest absolute Gasteiger partial charge is 0.493 e. The molecule has 0 radical (unpaired) electrons. The van der Waals surface area contributed by atoms with Gasteiger partial charge in [-0.15, -0.1) is 0 Å². The molecule has 1 aliphatic heterocycles. The molecule has 2 bridgehead atoms. The fourth-order valence-electron chi connectivity index (χ4n) is 4.58. The van der Waals surface area contributed by atoms with Gasteiger partial charge >= 0.3 is 5.97 Å². The first-order valence-electron chi connectivity index (χ1n) is 12.6. The lowest BCUT2D eigenvalue weighted by molar-refractivity contribution is -0.139. The molecule has 3 aromatic rings. The van der Waals surface area contributed by atoms with E-state index >= 15 is 0 Å². The van der Waals surface area contributed by atoms with E-state index in [0.717, 1.165) is 54.8 Å². The number of carbonyl (C=O) groups is 2. The lowest BCUT2D eigenvalue weighted by atomic mass is 9.99. The maximum atomic E-state index is 13.1. The van der Waals surface area contributed by atoms with E-state index in [0.29, 0.717) is 18.6 Å². The van der Waals surface area contributed by atoms with Crippen molar-refractivity contribution in [3.63, 3.8) is 0 Å². The predicted molar refractivity (Wildman–Crippen MR) is 140 cm³/mol. The quantitative estimate of drug-likeness (QED) is 0.547. The first-order valence-corrected chi connectivity index (χ1v) is 12.6. The molecule has 0 fully saturated rings. The molecule has 3 aromatic carbocycles. The SMILES string of the molecule is CN1CCCCCOc2ccc(C(=O)NC(Cc3ccccc3)C(=O)O)cc2Cc2cccc(c2)C1. The molecule has 0 aromatic heterocycles. The summed E-state index contributed by atoms with van der Waals surface area (Å²) in [5.41, 5.74) is 4.60. The number of carbonyl (C=O) groups excluding carboxylic acids is 1. The Labute approximate surface area is 212 Å². The zero-order valence-corrected chi connectivity index (χ0v) is 20.8. The van der Waals surface area contributed by atoms with Gasteiger partial charge < -0.3 is 20.1 Å². The van der Waals surface area contributed by atoms with Crippen LogP contribution in [0.15, 0.2) is 72.8 Å². The third-order valence-corrected chi connectivity index (χ3v) is 6.49. The van der Waals surface area contributed by atoms with Gasteiger partial charge in [-0.05, 0) is 73.3 Å². The van der Waals surface area contributed by atoms with Crippen molar-refractivity contribution in [1.82, 2.24) is 10.2 Å². The van der Waals surface area contributed by atoms with Gasteiger partial charge in [0.05, 0.1) is 6.61 Å². The maximum absolute atomic E-state index is 13.1. The molecule has 0 aliphatic carbocycles. The number of rotatable bonds is 5. The molecule has 0 saturated carbocycles. The Morgan fingerprint density at radius 1 is 0.972 bits per heavy atom. The van der Waals surface area contributed by atoms with Gasteiger partial charge in [0.25, 0.3) is 5.91 Å². The molecule has 1 aliphatic rings. The Bertz CT molecular complexity index is 1180. The van der Waals surface area contributed by atoms with Gasteiger partial charge in [-0.2, -0.15) is 0 Å². The number of hydrogen-bond acceptors (Lipinski definition) is 4. The average Bonchev–Trinajstić information content (AvgIpc) is 2.86. The van der Waals surface area contributed by atoms with Crippen LogP contribution < -0.4 is 10.1 Å². The number of nitrogens with one attached hydrogen (secondary N) is 1. The summed E-state index contributed by atoms with van der Waals surface area (Å²) in [5.74, 6) is -0.697. The zero-order valence-electron chi connectivity index (χ0n) is 20.8. The summed E-state index contributed by atoms with van der Waals surface area (Å²) < 4.78 is 6.12. The van der Waals surface area contributed by atoms with Crippen molar-refractivity contribution in [3.05, 3.63) is 101 Å². The molecule has 4 rings (SSSR count). The van der Waals surface area contributed by atoms with Gasteiger partial charge in [0, 0.05) is 24.9 Å². The first kappa shape index (κ1) is 25.5. The van der Waals surface area contributed by atoms with E-state index in [1.165, 1.54) is 5.56 Å². The van der Waals surface area contributed by atoms with Crippen molar-refractivity contribution in [2.75, 3.05) is 20.2 Å². The molecular formula is C30H34N2O4. The molecule has 1 amide bonds.